The number of ether oxygens (including phenoxy) is 3. The summed E-state index contributed by atoms with van der Waals surface area (Å²) in [5.41, 5.74) is 0. The van der Waals surface area contributed by atoms with Gasteiger partial charge in [0.05, 0.1) is 0 Å². The maximum absolute atomic E-state index is 12.7. The number of esters is 2. The van der Waals surface area contributed by atoms with Gasteiger partial charge in [-0.25, -0.2) is 0 Å². The molecule has 0 unspecified atom stereocenters. The van der Waals surface area contributed by atoms with Gasteiger partial charge in [0.25, 0.3) is 0 Å². The molecule has 0 aliphatic rings. The van der Waals surface area contributed by atoms with Gasteiger partial charge in [-0.05, 0) is 83.5 Å². The van der Waals surface area contributed by atoms with Gasteiger partial charge in [0.15, 0.2) is 0 Å². The molecule has 0 bridgehead atoms. The van der Waals surface area contributed by atoms with Crippen molar-refractivity contribution >= 4 is 11.9 Å². The molecule has 0 aromatic rings. The average Bonchev–Trinajstić information content (AvgIpc) is 3.36. The van der Waals surface area contributed by atoms with Gasteiger partial charge in [-0.15, -0.1) is 0 Å². The summed E-state index contributed by atoms with van der Waals surface area (Å²) in [5.74, 6) is -0.422. The maximum Gasteiger partial charge on any atom is 0.306 e. The highest BCUT2D eigenvalue weighted by Gasteiger charge is 2.16. The Morgan fingerprint density at radius 2 is 0.614 bits per heavy atom. The molecular weight excluding hydrogens is 861 g/mol. The first kappa shape index (κ1) is 67.1. The van der Waals surface area contributed by atoms with Gasteiger partial charge in [-0.3, -0.25) is 9.59 Å². The van der Waals surface area contributed by atoms with Crippen molar-refractivity contribution in [2.45, 2.75) is 297 Å². The van der Waals surface area contributed by atoms with Crippen LogP contribution in [0.3, 0.4) is 0 Å². The molecule has 70 heavy (non-hydrogen) atoms. The number of rotatable bonds is 55. The Labute approximate surface area is 435 Å². The third-order valence-electron chi connectivity index (χ3n) is 13.0. The van der Waals surface area contributed by atoms with Crippen molar-refractivity contribution in [3.63, 3.8) is 0 Å². The summed E-state index contributed by atoms with van der Waals surface area (Å²) < 4.78 is 17.5. The molecule has 0 aliphatic heterocycles. The van der Waals surface area contributed by atoms with Gasteiger partial charge in [0, 0.05) is 19.4 Å². The van der Waals surface area contributed by atoms with Gasteiger partial charge in [0.2, 0.25) is 0 Å². The molecule has 0 aromatic heterocycles. The zero-order chi connectivity index (χ0) is 50.6. The van der Waals surface area contributed by atoms with Crippen LogP contribution in [0.25, 0.3) is 0 Å². The molecule has 0 aliphatic carbocycles. The zero-order valence-corrected chi connectivity index (χ0v) is 46.5. The Kier molecular flexibility index (Phi) is 57.9. The number of carbonyl (C=O) groups is 2. The van der Waals surface area contributed by atoms with E-state index in [1.807, 2.05) is 6.08 Å². The first-order chi connectivity index (χ1) is 34.6. The van der Waals surface area contributed by atoms with Gasteiger partial charge in [-0.2, -0.15) is 0 Å². The Hall–Kier alpha value is -2.92. The summed E-state index contributed by atoms with van der Waals surface area (Å²) in [6.07, 6.45) is 80.7. The van der Waals surface area contributed by atoms with Crippen LogP contribution in [0.15, 0.2) is 85.1 Å². The van der Waals surface area contributed by atoms with E-state index in [2.05, 4.69) is 99.8 Å². The number of carbonyl (C=O) groups excluding carboxylic acids is 2. The molecule has 0 N–H and O–H groups in total. The lowest BCUT2D eigenvalue weighted by molar-refractivity contribution is -0.155. The standard InChI is InChI=1S/C65H114O5/c1-4-7-10-13-16-19-22-25-28-31-33-35-37-40-43-46-49-52-55-58-64(66)69-61-63(68-60-57-54-51-48-45-42-39-30-27-24-21-18-15-12-9-6-3)62-70-65(67)59-56-53-50-47-44-41-38-36-34-32-29-26-23-20-17-14-11-8-5-2/h7,10,16,19,25-26,28-29,33,35,40,43,49,52,63H,4-6,8-9,11-15,17-18,20-24,27,30-32,34,36-39,41-42,44-48,50-51,53-62H2,1-3H3/b10-7-,19-16-,28-25-,29-26-,35-33-,43-40-,52-49-/t63-/m1/s1. The molecule has 0 saturated carbocycles. The normalized spacial score (nSPS) is 12.8. The second-order valence-corrected chi connectivity index (χ2v) is 19.9. The first-order valence-corrected chi connectivity index (χ1v) is 30.1. The predicted molar refractivity (Wildman–Crippen MR) is 307 cm³/mol. The van der Waals surface area contributed by atoms with Crippen LogP contribution in [0, 0.1) is 0 Å². The largest absolute Gasteiger partial charge is 0.463 e. The summed E-state index contributed by atoms with van der Waals surface area (Å²) in [4.78, 5) is 25.3. The lowest BCUT2D eigenvalue weighted by atomic mass is 10.0. The second kappa shape index (κ2) is 60.4. The van der Waals surface area contributed by atoms with Crippen LogP contribution < -0.4 is 0 Å². The smallest absolute Gasteiger partial charge is 0.306 e. The Balaban J connectivity index is 4.35. The van der Waals surface area contributed by atoms with Crippen molar-refractivity contribution in [3.8, 4) is 0 Å². The topological polar surface area (TPSA) is 61.8 Å². The molecular formula is C65H114O5. The average molecular weight is 976 g/mol. The molecule has 404 valence electrons. The Morgan fingerprint density at radius 1 is 0.314 bits per heavy atom. The molecule has 5 nitrogen and oxygen atoms in total. The van der Waals surface area contributed by atoms with Crippen molar-refractivity contribution in [1.29, 1.82) is 0 Å². The van der Waals surface area contributed by atoms with Crippen LogP contribution in [-0.2, 0) is 23.8 Å². The van der Waals surface area contributed by atoms with Crippen LogP contribution in [0.2, 0.25) is 0 Å². The number of allylic oxidation sites excluding steroid dienone is 14. The minimum atomic E-state index is -0.434. The Bertz CT molecular complexity index is 1290. The van der Waals surface area contributed by atoms with E-state index in [4.69, 9.17) is 14.2 Å². The van der Waals surface area contributed by atoms with Crippen LogP contribution in [0.5, 0.6) is 0 Å². The van der Waals surface area contributed by atoms with Crippen LogP contribution in [0.1, 0.15) is 290 Å². The second-order valence-electron chi connectivity index (χ2n) is 19.9. The molecule has 0 aromatic carbocycles. The van der Waals surface area contributed by atoms with E-state index in [1.54, 1.807) is 0 Å². The van der Waals surface area contributed by atoms with E-state index in [0.717, 1.165) is 64.2 Å². The molecule has 0 spiro atoms. The van der Waals surface area contributed by atoms with E-state index in [-0.39, 0.29) is 25.2 Å². The lowest BCUT2D eigenvalue weighted by Gasteiger charge is -2.18. The van der Waals surface area contributed by atoms with E-state index in [0.29, 0.717) is 25.9 Å². The minimum Gasteiger partial charge on any atom is -0.463 e. The fourth-order valence-electron chi connectivity index (χ4n) is 8.45. The third kappa shape index (κ3) is 57.7. The van der Waals surface area contributed by atoms with E-state index in [1.165, 1.54) is 186 Å². The van der Waals surface area contributed by atoms with Crippen molar-refractivity contribution in [3.05, 3.63) is 85.1 Å². The van der Waals surface area contributed by atoms with Gasteiger partial charge < -0.3 is 14.2 Å². The highest BCUT2D eigenvalue weighted by Crippen LogP contribution is 2.16. The molecule has 0 saturated heterocycles. The molecule has 0 heterocycles. The molecule has 0 rings (SSSR count). The van der Waals surface area contributed by atoms with E-state index >= 15 is 0 Å². The molecule has 0 radical (unpaired) electrons. The zero-order valence-electron chi connectivity index (χ0n) is 46.5. The van der Waals surface area contributed by atoms with Crippen LogP contribution in [-0.4, -0.2) is 37.9 Å². The molecule has 1 atom stereocenters. The Morgan fingerprint density at radius 3 is 1.00 bits per heavy atom. The monoisotopic (exact) mass is 975 g/mol. The highest BCUT2D eigenvalue weighted by molar-refractivity contribution is 5.70. The highest BCUT2D eigenvalue weighted by atomic mass is 16.6. The minimum absolute atomic E-state index is 0.116. The van der Waals surface area contributed by atoms with Crippen molar-refractivity contribution in [2.24, 2.45) is 0 Å². The predicted octanol–water partition coefficient (Wildman–Crippen LogP) is 20.8. The summed E-state index contributed by atoms with van der Waals surface area (Å²) in [6, 6.07) is 0. The summed E-state index contributed by atoms with van der Waals surface area (Å²) in [6.45, 7) is 7.56. The van der Waals surface area contributed by atoms with Crippen LogP contribution in [0.4, 0.5) is 0 Å². The van der Waals surface area contributed by atoms with E-state index < -0.39 is 6.10 Å². The van der Waals surface area contributed by atoms with Crippen molar-refractivity contribution in [2.75, 3.05) is 19.8 Å². The fraction of sp³-hybridized carbons (Fsp3) is 0.754. The van der Waals surface area contributed by atoms with Gasteiger partial charge in [0.1, 0.15) is 19.3 Å². The first-order valence-electron chi connectivity index (χ1n) is 30.1. The van der Waals surface area contributed by atoms with Crippen LogP contribution >= 0.6 is 0 Å². The van der Waals surface area contributed by atoms with Crippen molar-refractivity contribution in [1.82, 2.24) is 0 Å². The lowest BCUT2D eigenvalue weighted by Crippen LogP contribution is -2.29. The number of hydrogen-bond donors (Lipinski definition) is 0. The number of unbranched alkanes of at least 4 members (excludes halogenated alkanes) is 30. The molecule has 0 fully saturated rings. The SMILES string of the molecule is CC/C=C\C/C=C\C/C=C\C/C=C\C/C=C\C/C=C\CCC(=O)OC[C@H](COC(=O)CCCCCCCCCCC/C=C\CCCCCCCC)OCCCCCCCCCCCCCCCCCC. The molecule has 5 heteroatoms. The molecule has 0 amide bonds. The van der Waals surface area contributed by atoms with E-state index in [9.17, 15) is 9.59 Å². The van der Waals surface area contributed by atoms with Crippen molar-refractivity contribution < 1.29 is 23.8 Å². The van der Waals surface area contributed by atoms with Gasteiger partial charge in [-0.1, -0.05) is 279 Å². The fourth-order valence-corrected chi connectivity index (χ4v) is 8.45. The number of hydrogen-bond acceptors (Lipinski definition) is 5. The maximum atomic E-state index is 12.7. The summed E-state index contributed by atoms with van der Waals surface area (Å²) in [5, 5.41) is 0. The van der Waals surface area contributed by atoms with Gasteiger partial charge >= 0.3 is 11.9 Å². The quantitative estimate of drug-likeness (QED) is 0.0345. The third-order valence-corrected chi connectivity index (χ3v) is 13.0. The summed E-state index contributed by atoms with van der Waals surface area (Å²) >= 11 is 0. The summed E-state index contributed by atoms with van der Waals surface area (Å²) in [7, 11) is 0.